The van der Waals surface area contributed by atoms with Gasteiger partial charge in [-0.05, 0) is 25.5 Å². The highest BCUT2D eigenvalue weighted by atomic mass is 19.1. The lowest BCUT2D eigenvalue weighted by Gasteiger charge is -2.02. The van der Waals surface area contributed by atoms with Gasteiger partial charge in [0.2, 0.25) is 0 Å². The van der Waals surface area contributed by atoms with Crippen LogP contribution in [0.4, 0.5) is 4.39 Å². The third-order valence-electron chi connectivity index (χ3n) is 2.43. The fraction of sp³-hybridized carbons (Fsp3) is 0.500. The summed E-state index contributed by atoms with van der Waals surface area (Å²) in [4.78, 5) is 15.2. The summed E-state index contributed by atoms with van der Waals surface area (Å²) in [6.45, 7) is 0.687. The third kappa shape index (κ3) is 4.06. The zero-order chi connectivity index (χ0) is 11.8. The number of hydrogen-bond donors (Lipinski definition) is 1. The fourth-order valence-corrected chi connectivity index (χ4v) is 1.52. The maximum atomic E-state index is 13.2. The minimum Gasteiger partial charge on any atom is -0.330 e. The van der Waals surface area contributed by atoms with Crippen LogP contribution in [-0.2, 0) is 0 Å². The average molecular weight is 224 g/mol. The summed E-state index contributed by atoms with van der Waals surface area (Å²) >= 11 is 0. The van der Waals surface area contributed by atoms with Gasteiger partial charge in [-0.15, -0.1) is 0 Å². The van der Waals surface area contributed by atoms with E-state index in [2.05, 4.69) is 4.98 Å². The third-order valence-corrected chi connectivity index (χ3v) is 2.43. The van der Waals surface area contributed by atoms with E-state index in [4.69, 9.17) is 5.73 Å². The molecule has 0 atom stereocenters. The highest BCUT2D eigenvalue weighted by Gasteiger charge is 2.10. The number of carbonyl (C=O) groups excluding carboxylic acids is 1. The van der Waals surface area contributed by atoms with Gasteiger partial charge in [-0.25, -0.2) is 4.39 Å². The fourth-order valence-electron chi connectivity index (χ4n) is 1.52. The summed E-state index contributed by atoms with van der Waals surface area (Å²) in [6.07, 6.45) is 6.68. The van der Waals surface area contributed by atoms with Crippen molar-refractivity contribution in [3.63, 3.8) is 0 Å². The molecule has 0 aliphatic carbocycles. The summed E-state index contributed by atoms with van der Waals surface area (Å²) in [5.74, 6) is -0.679. The van der Waals surface area contributed by atoms with Crippen LogP contribution < -0.4 is 5.73 Å². The monoisotopic (exact) mass is 224 g/mol. The van der Waals surface area contributed by atoms with E-state index in [0.29, 0.717) is 13.0 Å². The average Bonchev–Trinajstić information content (AvgIpc) is 2.29. The molecule has 2 N–H and O–H groups in total. The van der Waals surface area contributed by atoms with Crippen molar-refractivity contribution in [1.82, 2.24) is 4.98 Å². The van der Waals surface area contributed by atoms with Gasteiger partial charge in [0.1, 0.15) is 0 Å². The van der Waals surface area contributed by atoms with Crippen molar-refractivity contribution in [2.24, 2.45) is 5.73 Å². The second-order valence-corrected chi connectivity index (χ2v) is 3.73. The lowest BCUT2D eigenvalue weighted by Crippen LogP contribution is -2.03. The summed E-state index contributed by atoms with van der Waals surface area (Å²) in [7, 11) is 0. The molecule has 0 saturated carbocycles. The van der Waals surface area contributed by atoms with Crippen molar-refractivity contribution in [3.05, 3.63) is 29.8 Å². The molecule has 0 amide bonds. The van der Waals surface area contributed by atoms with E-state index < -0.39 is 5.82 Å². The van der Waals surface area contributed by atoms with E-state index in [1.807, 2.05) is 0 Å². The van der Waals surface area contributed by atoms with Gasteiger partial charge in [0, 0.05) is 12.6 Å². The van der Waals surface area contributed by atoms with E-state index in [9.17, 15) is 9.18 Å². The first-order valence-electron chi connectivity index (χ1n) is 5.58. The van der Waals surface area contributed by atoms with Crippen LogP contribution in [0, 0.1) is 5.82 Å². The van der Waals surface area contributed by atoms with Gasteiger partial charge in [-0.2, -0.15) is 0 Å². The highest BCUT2D eigenvalue weighted by Crippen LogP contribution is 2.11. The molecule has 4 heteroatoms. The first-order chi connectivity index (χ1) is 7.75. The number of carbonyl (C=O) groups is 1. The zero-order valence-electron chi connectivity index (χ0n) is 9.29. The molecule has 88 valence electrons. The van der Waals surface area contributed by atoms with Crippen molar-refractivity contribution in [1.29, 1.82) is 0 Å². The van der Waals surface area contributed by atoms with E-state index in [1.165, 1.54) is 12.3 Å². The quantitative estimate of drug-likeness (QED) is 0.571. The van der Waals surface area contributed by atoms with E-state index in [1.54, 1.807) is 0 Å². The van der Waals surface area contributed by atoms with Crippen molar-refractivity contribution in [3.8, 4) is 0 Å². The molecule has 0 fully saturated rings. The molecular weight excluding hydrogens is 207 g/mol. The maximum absolute atomic E-state index is 13.2. The Kier molecular flexibility index (Phi) is 5.64. The number of ketones is 1. The molecule has 16 heavy (non-hydrogen) atoms. The lowest BCUT2D eigenvalue weighted by atomic mass is 10.0. The molecule has 0 spiro atoms. The van der Waals surface area contributed by atoms with Gasteiger partial charge in [-0.3, -0.25) is 9.78 Å². The molecule has 3 nitrogen and oxygen atoms in total. The van der Waals surface area contributed by atoms with Gasteiger partial charge in [0.15, 0.2) is 11.6 Å². The van der Waals surface area contributed by atoms with Crippen LogP contribution in [0.5, 0.6) is 0 Å². The normalized spacial score (nSPS) is 10.4. The molecule has 0 radical (unpaired) electrons. The first kappa shape index (κ1) is 12.8. The summed E-state index contributed by atoms with van der Waals surface area (Å²) in [5.41, 5.74) is 5.51. The molecule has 0 aliphatic rings. The minimum absolute atomic E-state index is 0.146. The Morgan fingerprint density at radius 3 is 2.75 bits per heavy atom. The van der Waals surface area contributed by atoms with E-state index in [-0.39, 0.29) is 11.3 Å². The van der Waals surface area contributed by atoms with Crippen molar-refractivity contribution >= 4 is 5.78 Å². The van der Waals surface area contributed by atoms with Crippen molar-refractivity contribution < 1.29 is 9.18 Å². The van der Waals surface area contributed by atoms with Crippen LogP contribution in [0.2, 0.25) is 0 Å². The standard InChI is InChI=1S/C12H17FN2O/c13-11-9-15-8-6-10(11)12(16)5-3-1-2-4-7-14/h6,8-9H,1-5,7,14H2. The Morgan fingerprint density at radius 2 is 2.06 bits per heavy atom. The summed E-state index contributed by atoms with van der Waals surface area (Å²) in [6, 6.07) is 1.43. The first-order valence-corrected chi connectivity index (χ1v) is 5.58. The Balaban J connectivity index is 2.33. The van der Waals surface area contributed by atoms with E-state index >= 15 is 0 Å². The maximum Gasteiger partial charge on any atom is 0.165 e. The number of unbranched alkanes of at least 4 members (excludes halogenated alkanes) is 3. The van der Waals surface area contributed by atoms with Crippen LogP contribution >= 0.6 is 0 Å². The molecule has 0 aromatic carbocycles. The predicted octanol–water partition coefficient (Wildman–Crippen LogP) is 2.31. The molecule has 0 unspecified atom stereocenters. The number of hydrogen-bond acceptors (Lipinski definition) is 3. The molecular formula is C12H17FN2O. The Hall–Kier alpha value is -1.29. The van der Waals surface area contributed by atoms with Crippen LogP contribution in [0.1, 0.15) is 42.5 Å². The SMILES string of the molecule is NCCCCCCC(=O)c1ccncc1F. The minimum atomic E-state index is -0.533. The summed E-state index contributed by atoms with van der Waals surface area (Å²) in [5, 5.41) is 0. The predicted molar refractivity (Wildman–Crippen MR) is 60.7 cm³/mol. The Morgan fingerprint density at radius 1 is 1.31 bits per heavy atom. The molecule has 1 heterocycles. The molecule has 0 bridgehead atoms. The van der Waals surface area contributed by atoms with Gasteiger partial charge in [0.05, 0.1) is 11.8 Å². The van der Waals surface area contributed by atoms with Crippen LogP contribution in [0.3, 0.4) is 0 Å². The van der Waals surface area contributed by atoms with Crippen LogP contribution in [0.25, 0.3) is 0 Å². The lowest BCUT2D eigenvalue weighted by molar-refractivity contribution is 0.0975. The summed E-state index contributed by atoms with van der Waals surface area (Å²) < 4.78 is 13.2. The van der Waals surface area contributed by atoms with Gasteiger partial charge >= 0.3 is 0 Å². The molecule has 1 aromatic heterocycles. The van der Waals surface area contributed by atoms with Gasteiger partial charge in [0.25, 0.3) is 0 Å². The number of rotatable bonds is 7. The topological polar surface area (TPSA) is 56.0 Å². The molecule has 0 aliphatic heterocycles. The van der Waals surface area contributed by atoms with Gasteiger partial charge in [-0.1, -0.05) is 12.8 Å². The molecule has 1 rings (SSSR count). The molecule has 1 aromatic rings. The van der Waals surface area contributed by atoms with Gasteiger partial charge < -0.3 is 5.73 Å². The molecule has 0 saturated heterocycles. The second kappa shape index (κ2) is 7.06. The zero-order valence-corrected chi connectivity index (χ0v) is 9.29. The smallest absolute Gasteiger partial charge is 0.165 e. The van der Waals surface area contributed by atoms with Crippen molar-refractivity contribution in [2.75, 3.05) is 6.54 Å². The number of halogens is 1. The Labute approximate surface area is 94.9 Å². The number of Topliss-reactive ketones (excluding diaryl/α,β-unsaturated/α-hetero) is 1. The Bertz CT molecular complexity index is 342. The number of nitrogens with zero attached hydrogens (tertiary/aromatic N) is 1. The van der Waals surface area contributed by atoms with Crippen molar-refractivity contribution in [2.45, 2.75) is 32.1 Å². The number of aromatic nitrogens is 1. The largest absolute Gasteiger partial charge is 0.330 e. The number of pyridine rings is 1. The second-order valence-electron chi connectivity index (χ2n) is 3.73. The highest BCUT2D eigenvalue weighted by molar-refractivity contribution is 5.96. The van der Waals surface area contributed by atoms with Crippen LogP contribution in [-0.4, -0.2) is 17.3 Å². The van der Waals surface area contributed by atoms with E-state index in [0.717, 1.165) is 31.9 Å². The number of nitrogens with two attached hydrogens (primary N) is 1. The van der Waals surface area contributed by atoms with Crippen LogP contribution in [0.15, 0.2) is 18.5 Å².